The second-order valence-corrected chi connectivity index (χ2v) is 6.73. The van der Waals surface area contributed by atoms with Gasteiger partial charge in [-0.15, -0.1) is 0 Å². The molecule has 7 nitrogen and oxygen atoms in total. The lowest BCUT2D eigenvalue weighted by Crippen LogP contribution is -2.69. The Morgan fingerprint density at radius 1 is 1.19 bits per heavy atom. The van der Waals surface area contributed by atoms with Gasteiger partial charge in [0.25, 0.3) is 0 Å². The Bertz CT molecular complexity index is 361. The van der Waals surface area contributed by atoms with Crippen molar-refractivity contribution in [3.05, 3.63) is 0 Å². The van der Waals surface area contributed by atoms with Crippen LogP contribution in [0.2, 0.25) is 0 Å². The van der Waals surface area contributed by atoms with E-state index in [0.29, 0.717) is 18.5 Å². The second kappa shape index (κ2) is 6.58. The molecule has 1 aliphatic carbocycles. The van der Waals surface area contributed by atoms with E-state index in [1.807, 2.05) is 23.9 Å². The van der Waals surface area contributed by atoms with Crippen LogP contribution in [0, 0.1) is 5.92 Å². The highest BCUT2D eigenvalue weighted by molar-refractivity contribution is 5.78. The Hall–Kier alpha value is -0.730. The number of nitrogens with zero attached hydrogens (tertiary/aromatic N) is 3. The van der Waals surface area contributed by atoms with Crippen molar-refractivity contribution in [2.45, 2.75) is 37.6 Å². The van der Waals surface area contributed by atoms with Gasteiger partial charge in [-0.05, 0) is 38.6 Å². The zero-order valence-corrected chi connectivity index (χ0v) is 13.3. The molecule has 6 N–H and O–H groups in total. The third kappa shape index (κ3) is 4.37. The Morgan fingerprint density at radius 3 is 2.33 bits per heavy atom. The van der Waals surface area contributed by atoms with E-state index in [4.69, 9.17) is 17.2 Å². The number of likely N-dealkylation sites (N-methyl/N-ethyl adjacent to an activating group) is 1. The SMILES string of the molecule is CN1CCN(C2CCC(CN(C)C(N)(N)N)CC2)CC1=O. The topological polar surface area (TPSA) is 105 Å². The van der Waals surface area contributed by atoms with Crippen LogP contribution < -0.4 is 17.2 Å². The molecule has 1 aliphatic heterocycles. The van der Waals surface area contributed by atoms with Gasteiger partial charge in [0.2, 0.25) is 5.91 Å². The summed E-state index contributed by atoms with van der Waals surface area (Å²) in [6.45, 7) is 3.24. The van der Waals surface area contributed by atoms with E-state index in [0.717, 1.165) is 45.3 Å². The maximum Gasteiger partial charge on any atom is 0.236 e. The molecular formula is C14H30N6O. The molecule has 1 heterocycles. The molecule has 1 saturated carbocycles. The minimum atomic E-state index is -1.24. The minimum absolute atomic E-state index is 0.238. The predicted molar refractivity (Wildman–Crippen MR) is 82.9 cm³/mol. The van der Waals surface area contributed by atoms with Gasteiger partial charge in [0.15, 0.2) is 5.91 Å². The van der Waals surface area contributed by atoms with Gasteiger partial charge in [-0.3, -0.25) is 31.8 Å². The molecular weight excluding hydrogens is 268 g/mol. The molecule has 2 aliphatic rings. The van der Waals surface area contributed by atoms with Crippen LogP contribution in [-0.4, -0.2) is 72.8 Å². The van der Waals surface area contributed by atoms with E-state index in [1.165, 1.54) is 0 Å². The van der Waals surface area contributed by atoms with E-state index < -0.39 is 5.91 Å². The highest BCUT2D eigenvalue weighted by atomic mass is 16.2. The van der Waals surface area contributed by atoms with Crippen molar-refractivity contribution in [3.8, 4) is 0 Å². The summed E-state index contributed by atoms with van der Waals surface area (Å²) in [7, 11) is 3.75. The van der Waals surface area contributed by atoms with Crippen molar-refractivity contribution in [2.75, 3.05) is 40.3 Å². The number of carbonyl (C=O) groups is 1. The molecule has 0 bridgehead atoms. The van der Waals surface area contributed by atoms with Crippen molar-refractivity contribution in [2.24, 2.45) is 23.1 Å². The van der Waals surface area contributed by atoms with E-state index in [2.05, 4.69) is 4.90 Å². The van der Waals surface area contributed by atoms with Crippen molar-refractivity contribution >= 4 is 5.91 Å². The lowest BCUT2D eigenvalue weighted by Gasteiger charge is -2.42. The summed E-state index contributed by atoms with van der Waals surface area (Å²) in [6.07, 6.45) is 4.57. The van der Waals surface area contributed by atoms with Crippen molar-refractivity contribution in [1.82, 2.24) is 14.7 Å². The summed E-state index contributed by atoms with van der Waals surface area (Å²) in [5, 5.41) is 0. The Morgan fingerprint density at radius 2 is 1.81 bits per heavy atom. The summed E-state index contributed by atoms with van der Waals surface area (Å²) in [6, 6.07) is 0.544. The number of carbonyl (C=O) groups excluding carboxylic acids is 1. The fraction of sp³-hybridized carbons (Fsp3) is 0.929. The molecule has 0 unspecified atom stereocenters. The zero-order chi connectivity index (χ0) is 15.6. The summed E-state index contributed by atoms with van der Waals surface area (Å²) in [5.74, 6) is -0.410. The van der Waals surface area contributed by atoms with E-state index >= 15 is 0 Å². The van der Waals surface area contributed by atoms with Crippen molar-refractivity contribution in [3.63, 3.8) is 0 Å². The summed E-state index contributed by atoms with van der Waals surface area (Å²) in [5.41, 5.74) is 17.1. The molecule has 1 saturated heterocycles. The molecule has 0 aromatic carbocycles. The normalized spacial score (nSPS) is 29.2. The summed E-state index contributed by atoms with van der Waals surface area (Å²) in [4.78, 5) is 17.8. The Balaban J connectivity index is 1.77. The molecule has 0 aromatic heterocycles. The van der Waals surface area contributed by atoms with Gasteiger partial charge in [0.05, 0.1) is 6.54 Å². The summed E-state index contributed by atoms with van der Waals surface area (Å²) < 4.78 is 0. The monoisotopic (exact) mass is 298 g/mol. The van der Waals surface area contributed by atoms with Crippen LogP contribution in [0.1, 0.15) is 25.7 Å². The van der Waals surface area contributed by atoms with Gasteiger partial charge in [0, 0.05) is 32.7 Å². The molecule has 0 spiro atoms. The van der Waals surface area contributed by atoms with Crippen LogP contribution in [0.5, 0.6) is 0 Å². The van der Waals surface area contributed by atoms with Crippen LogP contribution in [0.3, 0.4) is 0 Å². The number of amides is 1. The number of rotatable bonds is 4. The second-order valence-electron chi connectivity index (χ2n) is 6.73. The third-order valence-corrected chi connectivity index (χ3v) is 5.01. The van der Waals surface area contributed by atoms with Gasteiger partial charge >= 0.3 is 0 Å². The lowest BCUT2D eigenvalue weighted by atomic mass is 9.84. The molecule has 122 valence electrons. The Kier molecular flexibility index (Phi) is 5.21. The predicted octanol–water partition coefficient (Wildman–Crippen LogP) is -1.26. The van der Waals surface area contributed by atoms with E-state index in [1.54, 1.807) is 0 Å². The highest BCUT2D eigenvalue weighted by Crippen LogP contribution is 2.29. The van der Waals surface area contributed by atoms with Gasteiger partial charge in [-0.2, -0.15) is 0 Å². The van der Waals surface area contributed by atoms with Gasteiger partial charge in [-0.25, -0.2) is 0 Å². The number of hydrogen-bond acceptors (Lipinski definition) is 6. The first-order chi connectivity index (χ1) is 9.77. The number of hydrogen-bond donors (Lipinski definition) is 3. The van der Waals surface area contributed by atoms with E-state index in [-0.39, 0.29) is 5.91 Å². The molecule has 0 atom stereocenters. The van der Waals surface area contributed by atoms with Crippen molar-refractivity contribution in [1.29, 1.82) is 0 Å². The third-order valence-electron chi connectivity index (χ3n) is 5.01. The highest BCUT2D eigenvalue weighted by Gasteiger charge is 2.31. The number of nitrogens with two attached hydrogens (primary N) is 3. The lowest BCUT2D eigenvalue weighted by molar-refractivity contribution is -0.135. The van der Waals surface area contributed by atoms with Crippen LogP contribution >= 0.6 is 0 Å². The fourth-order valence-corrected chi connectivity index (χ4v) is 3.33. The largest absolute Gasteiger partial charge is 0.343 e. The van der Waals surface area contributed by atoms with Crippen LogP contribution in [0.15, 0.2) is 0 Å². The maximum absolute atomic E-state index is 11.8. The fourth-order valence-electron chi connectivity index (χ4n) is 3.33. The first-order valence-corrected chi connectivity index (χ1v) is 7.83. The molecule has 7 heteroatoms. The molecule has 21 heavy (non-hydrogen) atoms. The standard InChI is InChI=1S/C14H30N6O/c1-18-7-8-20(10-13(18)21)12-5-3-11(4-6-12)9-19(2)14(15,16)17/h11-12H,3-10,15-17H2,1-2H3. The molecule has 0 aromatic rings. The molecule has 1 amide bonds. The van der Waals surface area contributed by atoms with Gasteiger partial charge in [0.1, 0.15) is 0 Å². The zero-order valence-electron chi connectivity index (χ0n) is 13.3. The van der Waals surface area contributed by atoms with Crippen molar-refractivity contribution < 1.29 is 4.79 Å². The summed E-state index contributed by atoms with van der Waals surface area (Å²) >= 11 is 0. The minimum Gasteiger partial charge on any atom is -0.343 e. The van der Waals surface area contributed by atoms with Gasteiger partial charge < -0.3 is 4.90 Å². The van der Waals surface area contributed by atoms with Crippen LogP contribution in [-0.2, 0) is 4.79 Å². The molecule has 2 rings (SSSR count). The first kappa shape index (κ1) is 16.6. The quantitative estimate of drug-likeness (QED) is 0.560. The molecule has 0 radical (unpaired) electrons. The first-order valence-electron chi connectivity index (χ1n) is 7.83. The maximum atomic E-state index is 11.8. The number of piperazine rings is 1. The molecule has 2 fully saturated rings. The Labute approximate surface area is 127 Å². The van der Waals surface area contributed by atoms with Gasteiger partial charge in [-0.1, -0.05) is 0 Å². The average Bonchev–Trinajstić information content (AvgIpc) is 2.42. The van der Waals surface area contributed by atoms with E-state index in [9.17, 15) is 4.79 Å². The van der Waals surface area contributed by atoms with Crippen LogP contribution in [0.25, 0.3) is 0 Å². The smallest absolute Gasteiger partial charge is 0.236 e. The van der Waals surface area contributed by atoms with Crippen LogP contribution in [0.4, 0.5) is 0 Å². The average molecular weight is 298 g/mol.